The lowest BCUT2D eigenvalue weighted by Crippen LogP contribution is -2.46. The van der Waals surface area contributed by atoms with Gasteiger partial charge in [0.25, 0.3) is 5.91 Å². The third-order valence-electron chi connectivity index (χ3n) is 7.39. The second-order valence-corrected chi connectivity index (χ2v) is 11.4. The van der Waals surface area contributed by atoms with E-state index >= 15 is 0 Å². The third-order valence-corrected chi connectivity index (χ3v) is 7.39. The molecule has 4 rings (SSSR count). The molecular weight excluding hydrogens is 477 g/mol. The highest BCUT2D eigenvalue weighted by atomic mass is 19.1. The van der Waals surface area contributed by atoms with Gasteiger partial charge in [-0.25, -0.2) is 4.39 Å². The third kappa shape index (κ3) is 5.74. The Balaban J connectivity index is 1.74. The van der Waals surface area contributed by atoms with Crippen molar-refractivity contribution in [3.8, 4) is 0 Å². The number of piperidine rings is 1. The Bertz CT molecular complexity index is 1310. The van der Waals surface area contributed by atoms with Crippen molar-refractivity contribution >= 4 is 23.2 Å². The zero-order valence-corrected chi connectivity index (χ0v) is 23.2. The summed E-state index contributed by atoms with van der Waals surface area (Å²) in [5, 5.41) is 3.12. The average Bonchev–Trinajstić information content (AvgIpc) is 2.87. The fraction of sp³-hybridized carbons (Fsp3) is 0.375. The normalized spacial score (nSPS) is 17.7. The Morgan fingerprint density at radius 1 is 1.00 bits per heavy atom. The van der Waals surface area contributed by atoms with E-state index in [-0.39, 0.29) is 22.8 Å². The maximum atomic E-state index is 14.9. The van der Waals surface area contributed by atoms with Gasteiger partial charge in [-0.1, -0.05) is 57.2 Å². The Morgan fingerprint density at radius 2 is 1.71 bits per heavy atom. The molecule has 0 saturated carbocycles. The van der Waals surface area contributed by atoms with Crippen LogP contribution in [0.15, 0.2) is 66.7 Å². The number of amides is 2. The largest absolute Gasteiger partial charge is 0.378 e. The van der Waals surface area contributed by atoms with Crippen molar-refractivity contribution in [2.75, 3.05) is 30.9 Å². The van der Waals surface area contributed by atoms with Crippen LogP contribution >= 0.6 is 0 Å². The van der Waals surface area contributed by atoms with Crippen LogP contribution in [0.1, 0.15) is 66.7 Å². The molecule has 38 heavy (non-hydrogen) atoms. The number of rotatable bonds is 5. The number of nitrogens with zero attached hydrogens (tertiary/aromatic N) is 2. The van der Waals surface area contributed by atoms with Gasteiger partial charge in [-0.05, 0) is 72.2 Å². The molecule has 0 aromatic heterocycles. The van der Waals surface area contributed by atoms with Gasteiger partial charge < -0.3 is 15.1 Å². The average molecular weight is 516 g/mol. The van der Waals surface area contributed by atoms with Crippen molar-refractivity contribution in [2.45, 2.75) is 52.0 Å². The van der Waals surface area contributed by atoms with E-state index in [2.05, 4.69) is 32.2 Å². The zero-order valence-electron chi connectivity index (χ0n) is 23.2. The first-order valence-electron chi connectivity index (χ1n) is 13.2. The minimum Gasteiger partial charge on any atom is -0.378 e. The second kappa shape index (κ2) is 11.0. The Morgan fingerprint density at radius 3 is 2.39 bits per heavy atom. The molecule has 0 bridgehead atoms. The van der Waals surface area contributed by atoms with Gasteiger partial charge >= 0.3 is 0 Å². The summed E-state index contributed by atoms with van der Waals surface area (Å²) in [5.74, 6) is -1.55. The van der Waals surface area contributed by atoms with Gasteiger partial charge in [0, 0.05) is 32.0 Å². The first-order valence-corrected chi connectivity index (χ1v) is 13.2. The van der Waals surface area contributed by atoms with Gasteiger partial charge in [-0.3, -0.25) is 9.59 Å². The SMILES string of the molecule is Cc1cccc(F)c1C(=O)N1CCCC(C(=O)Nc2cccc(C(C)(C)C)c2)C1c1cccc(N(C)C)c1. The van der Waals surface area contributed by atoms with Crippen LogP contribution in [0.5, 0.6) is 0 Å². The van der Waals surface area contributed by atoms with E-state index in [4.69, 9.17) is 0 Å². The summed E-state index contributed by atoms with van der Waals surface area (Å²) in [7, 11) is 3.91. The molecule has 1 aliphatic rings. The number of aryl methyl sites for hydroxylation is 1. The Kier molecular flexibility index (Phi) is 7.91. The quantitative estimate of drug-likeness (QED) is 0.410. The highest BCUT2D eigenvalue weighted by molar-refractivity contribution is 5.98. The van der Waals surface area contributed by atoms with E-state index in [9.17, 15) is 14.0 Å². The number of carbonyl (C=O) groups is 2. The van der Waals surface area contributed by atoms with E-state index in [1.54, 1.807) is 24.0 Å². The van der Waals surface area contributed by atoms with Crippen molar-refractivity contribution in [1.29, 1.82) is 0 Å². The van der Waals surface area contributed by atoms with Gasteiger partial charge in [0.05, 0.1) is 17.5 Å². The number of benzene rings is 3. The highest BCUT2D eigenvalue weighted by Crippen LogP contribution is 2.39. The molecule has 2 atom stereocenters. The molecule has 5 nitrogen and oxygen atoms in total. The molecule has 1 fully saturated rings. The standard InChI is InChI=1S/C32H38FN3O2/c1-21-11-7-17-27(33)28(21)31(38)36-18-10-16-26(29(36)22-12-8-15-25(19-22)35(5)6)30(37)34-24-14-9-13-23(20-24)32(2,3)4/h7-9,11-15,17,19-20,26,29H,10,16,18H2,1-6H3,(H,34,37). The van der Waals surface area contributed by atoms with Crippen molar-refractivity contribution in [1.82, 2.24) is 4.90 Å². The fourth-order valence-corrected chi connectivity index (χ4v) is 5.24. The molecule has 1 aliphatic heterocycles. The van der Waals surface area contributed by atoms with E-state index < -0.39 is 17.8 Å². The molecule has 3 aromatic rings. The number of hydrogen-bond acceptors (Lipinski definition) is 3. The number of carbonyl (C=O) groups excluding carboxylic acids is 2. The number of halogens is 1. The van der Waals surface area contributed by atoms with Crippen molar-refractivity contribution in [3.05, 3.63) is 94.8 Å². The molecule has 0 aliphatic carbocycles. The highest BCUT2D eigenvalue weighted by Gasteiger charge is 2.40. The summed E-state index contributed by atoms with van der Waals surface area (Å²) in [5.41, 5.74) is 4.29. The minimum absolute atomic E-state index is 0.0540. The van der Waals surface area contributed by atoms with Crippen LogP contribution < -0.4 is 10.2 Å². The van der Waals surface area contributed by atoms with Crippen molar-refractivity contribution in [2.24, 2.45) is 5.92 Å². The molecular formula is C32H38FN3O2. The summed E-state index contributed by atoms with van der Waals surface area (Å²) in [6.07, 6.45) is 1.28. The van der Waals surface area contributed by atoms with E-state index in [1.165, 1.54) is 6.07 Å². The minimum atomic E-state index is -0.540. The lowest BCUT2D eigenvalue weighted by Gasteiger charge is -2.41. The van der Waals surface area contributed by atoms with Crippen LogP contribution in [-0.4, -0.2) is 37.4 Å². The van der Waals surface area contributed by atoms with Crippen LogP contribution in [0.25, 0.3) is 0 Å². The fourth-order valence-electron chi connectivity index (χ4n) is 5.24. The first kappa shape index (κ1) is 27.4. The van der Waals surface area contributed by atoms with Gasteiger partial charge in [-0.2, -0.15) is 0 Å². The lowest BCUT2D eigenvalue weighted by molar-refractivity contribution is -0.123. The topological polar surface area (TPSA) is 52.7 Å². The summed E-state index contributed by atoms with van der Waals surface area (Å²) < 4.78 is 14.9. The molecule has 1 heterocycles. The molecule has 1 saturated heterocycles. The molecule has 6 heteroatoms. The molecule has 2 amide bonds. The first-order chi connectivity index (χ1) is 18.0. The van der Waals surface area contributed by atoms with Crippen LogP contribution in [0.4, 0.5) is 15.8 Å². The second-order valence-electron chi connectivity index (χ2n) is 11.4. The smallest absolute Gasteiger partial charge is 0.257 e. The van der Waals surface area contributed by atoms with Gasteiger partial charge in [-0.15, -0.1) is 0 Å². The van der Waals surface area contributed by atoms with Crippen LogP contribution in [0.2, 0.25) is 0 Å². The molecule has 3 aromatic carbocycles. The van der Waals surface area contributed by atoms with Gasteiger partial charge in [0.1, 0.15) is 5.82 Å². The van der Waals surface area contributed by atoms with E-state index in [1.807, 2.05) is 61.5 Å². The molecule has 200 valence electrons. The maximum Gasteiger partial charge on any atom is 0.257 e. The van der Waals surface area contributed by atoms with Crippen molar-refractivity contribution < 1.29 is 14.0 Å². The number of nitrogens with one attached hydrogen (secondary N) is 1. The molecule has 0 spiro atoms. The monoisotopic (exact) mass is 515 g/mol. The van der Waals surface area contributed by atoms with Crippen LogP contribution in [0.3, 0.4) is 0 Å². The lowest BCUT2D eigenvalue weighted by atomic mass is 9.83. The predicted octanol–water partition coefficient (Wildman–Crippen LogP) is 6.73. The zero-order chi connectivity index (χ0) is 27.6. The van der Waals surface area contributed by atoms with E-state index in [0.29, 0.717) is 24.9 Å². The summed E-state index contributed by atoms with van der Waals surface area (Å²) in [4.78, 5) is 31.4. The van der Waals surface area contributed by atoms with Crippen molar-refractivity contribution in [3.63, 3.8) is 0 Å². The molecule has 2 unspecified atom stereocenters. The van der Waals surface area contributed by atoms with E-state index in [0.717, 1.165) is 22.5 Å². The number of hydrogen-bond donors (Lipinski definition) is 1. The predicted molar refractivity (Wildman–Crippen MR) is 152 cm³/mol. The molecule has 1 N–H and O–H groups in total. The maximum absolute atomic E-state index is 14.9. The van der Waals surface area contributed by atoms with Gasteiger partial charge in [0.15, 0.2) is 0 Å². The summed E-state index contributed by atoms with van der Waals surface area (Å²) >= 11 is 0. The number of likely N-dealkylation sites (tertiary alicyclic amines) is 1. The van der Waals surface area contributed by atoms with Crippen LogP contribution in [0, 0.1) is 18.7 Å². The number of anilines is 2. The Hall–Kier alpha value is -3.67. The van der Waals surface area contributed by atoms with Crippen LogP contribution in [-0.2, 0) is 10.2 Å². The summed E-state index contributed by atoms with van der Waals surface area (Å²) in [6.45, 7) is 8.60. The Labute approximate surface area is 225 Å². The summed E-state index contributed by atoms with van der Waals surface area (Å²) in [6, 6.07) is 20.0. The molecule has 0 radical (unpaired) electrons. The van der Waals surface area contributed by atoms with Gasteiger partial charge in [0.2, 0.25) is 5.91 Å².